The number of nitrogens with zero attached hydrogens (tertiary/aromatic N) is 2. The second-order valence-corrected chi connectivity index (χ2v) is 8.24. The van der Waals surface area contributed by atoms with Crippen LogP contribution in [-0.2, 0) is 16.6 Å². The largest absolute Gasteiger partial charge is 0.472 e. The monoisotopic (exact) mass is 385 g/mol. The van der Waals surface area contributed by atoms with Crippen molar-refractivity contribution in [2.24, 2.45) is 0 Å². The van der Waals surface area contributed by atoms with Gasteiger partial charge in [-0.15, -0.1) is 0 Å². The van der Waals surface area contributed by atoms with Crippen LogP contribution >= 0.6 is 0 Å². The summed E-state index contributed by atoms with van der Waals surface area (Å²) in [6, 6.07) is 9.59. The van der Waals surface area contributed by atoms with Crippen LogP contribution in [0, 0.1) is 0 Å². The van der Waals surface area contributed by atoms with Gasteiger partial charge < -0.3 is 9.73 Å². The summed E-state index contributed by atoms with van der Waals surface area (Å²) in [6.45, 7) is 0.301. The van der Waals surface area contributed by atoms with E-state index in [0.717, 1.165) is 21.0 Å². The predicted octanol–water partition coefficient (Wildman–Crippen LogP) is 2.52. The Hall–Kier alpha value is -2.97. The van der Waals surface area contributed by atoms with Crippen LogP contribution in [0.3, 0.4) is 0 Å². The molecule has 2 heterocycles. The molecule has 0 fully saturated rings. The molecule has 0 saturated heterocycles. The van der Waals surface area contributed by atoms with Gasteiger partial charge in [0, 0.05) is 49.7 Å². The van der Waals surface area contributed by atoms with Gasteiger partial charge in [0.05, 0.1) is 17.4 Å². The Bertz CT molecular complexity index is 1030. The maximum atomic E-state index is 12.3. The highest BCUT2D eigenvalue weighted by Gasteiger charge is 2.17. The molecule has 8 heteroatoms. The molecule has 0 radical (unpaired) electrons. The third-order valence-corrected chi connectivity index (χ3v) is 5.83. The summed E-state index contributed by atoms with van der Waals surface area (Å²) in [4.78, 5) is 16.6. The van der Waals surface area contributed by atoms with Crippen LogP contribution in [0.15, 0.2) is 70.6 Å². The summed E-state index contributed by atoms with van der Waals surface area (Å²) >= 11 is 0. The molecule has 0 aliphatic rings. The van der Waals surface area contributed by atoms with Crippen LogP contribution in [0.2, 0.25) is 0 Å². The van der Waals surface area contributed by atoms with Gasteiger partial charge in [-0.25, -0.2) is 12.7 Å². The standard InChI is InChI=1S/C19H19N3O4S/c1-22(2)27(24,25)18-5-3-15(4-6-18)19(23)21-11-14-9-17(12-20-10-14)16-7-8-26-13-16/h3-10,12-13H,11H2,1-2H3,(H,21,23). The van der Waals surface area contributed by atoms with Crippen molar-refractivity contribution in [1.82, 2.24) is 14.6 Å². The van der Waals surface area contributed by atoms with Gasteiger partial charge in [0.2, 0.25) is 10.0 Å². The van der Waals surface area contributed by atoms with E-state index in [1.54, 1.807) is 24.9 Å². The van der Waals surface area contributed by atoms with Crippen molar-refractivity contribution in [1.29, 1.82) is 0 Å². The van der Waals surface area contributed by atoms with Gasteiger partial charge in [0.1, 0.15) is 0 Å². The van der Waals surface area contributed by atoms with Gasteiger partial charge in [0.15, 0.2) is 0 Å². The van der Waals surface area contributed by atoms with Gasteiger partial charge in [-0.3, -0.25) is 9.78 Å². The minimum Gasteiger partial charge on any atom is -0.472 e. The van der Waals surface area contributed by atoms with Crippen LogP contribution < -0.4 is 5.32 Å². The first-order valence-corrected chi connectivity index (χ1v) is 9.59. The molecule has 0 aliphatic heterocycles. The molecule has 0 spiro atoms. The van der Waals surface area contributed by atoms with E-state index in [0.29, 0.717) is 12.1 Å². The summed E-state index contributed by atoms with van der Waals surface area (Å²) in [5, 5.41) is 2.81. The van der Waals surface area contributed by atoms with Crippen LogP contribution in [0.4, 0.5) is 0 Å². The van der Waals surface area contributed by atoms with E-state index in [1.165, 1.54) is 38.4 Å². The number of sulfonamides is 1. The number of carbonyl (C=O) groups is 1. The molecule has 3 aromatic rings. The number of hydrogen-bond donors (Lipinski definition) is 1. The highest BCUT2D eigenvalue weighted by atomic mass is 32.2. The van der Waals surface area contributed by atoms with Crippen LogP contribution in [-0.4, -0.2) is 37.7 Å². The van der Waals surface area contributed by atoms with Crippen LogP contribution in [0.5, 0.6) is 0 Å². The zero-order chi connectivity index (χ0) is 19.4. The summed E-state index contributed by atoms with van der Waals surface area (Å²) in [7, 11) is -0.595. The molecule has 1 aromatic carbocycles. The lowest BCUT2D eigenvalue weighted by Crippen LogP contribution is -2.24. The Morgan fingerprint density at radius 3 is 2.48 bits per heavy atom. The number of furan rings is 1. The molecule has 0 saturated carbocycles. The van der Waals surface area contributed by atoms with Crippen molar-refractivity contribution in [3.05, 3.63) is 72.4 Å². The average Bonchev–Trinajstić information content (AvgIpc) is 3.21. The van der Waals surface area contributed by atoms with Gasteiger partial charge >= 0.3 is 0 Å². The number of rotatable bonds is 6. The fraction of sp³-hybridized carbons (Fsp3) is 0.158. The number of benzene rings is 1. The molecule has 2 aromatic heterocycles. The Labute approximate surface area is 157 Å². The number of hydrogen-bond acceptors (Lipinski definition) is 5. The third-order valence-electron chi connectivity index (χ3n) is 4.00. The van der Waals surface area contributed by atoms with E-state index in [9.17, 15) is 13.2 Å². The molecule has 0 aliphatic carbocycles. The number of carbonyl (C=O) groups excluding carboxylic acids is 1. The molecular formula is C19H19N3O4S. The van der Waals surface area contributed by atoms with Crippen molar-refractivity contribution in [3.8, 4) is 11.1 Å². The van der Waals surface area contributed by atoms with Gasteiger partial charge in [-0.1, -0.05) is 0 Å². The van der Waals surface area contributed by atoms with E-state index < -0.39 is 10.0 Å². The molecule has 3 rings (SSSR count). The lowest BCUT2D eigenvalue weighted by molar-refractivity contribution is 0.0951. The lowest BCUT2D eigenvalue weighted by atomic mass is 10.1. The molecular weight excluding hydrogens is 366 g/mol. The van der Waals surface area contributed by atoms with E-state index in [4.69, 9.17) is 4.42 Å². The maximum absolute atomic E-state index is 12.3. The van der Waals surface area contributed by atoms with Gasteiger partial charge in [0.25, 0.3) is 5.91 Å². The second-order valence-electron chi connectivity index (χ2n) is 6.09. The summed E-state index contributed by atoms with van der Waals surface area (Å²) in [5.74, 6) is -0.294. The smallest absolute Gasteiger partial charge is 0.251 e. The SMILES string of the molecule is CN(C)S(=O)(=O)c1ccc(C(=O)NCc2cncc(-c3ccoc3)c2)cc1. The van der Waals surface area contributed by atoms with Crippen molar-refractivity contribution in [2.75, 3.05) is 14.1 Å². The van der Waals surface area contributed by atoms with Crippen molar-refractivity contribution < 1.29 is 17.6 Å². The van der Waals surface area contributed by atoms with E-state index in [1.807, 2.05) is 12.1 Å². The Morgan fingerprint density at radius 2 is 1.85 bits per heavy atom. The van der Waals surface area contributed by atoms with Crippen LogP contribution in [0.25, 0.3) is 11.1 Å². The highest BCUT2D eigenvalue weighted by Crippen LogP contribution is 2.19. The fourth-order valence-electron chi connectivity index (χ4n) is 2.44. The summed E-state index contributed by atoms with van der Waals surface area (Å²) in [6.07, 6.45) is 6.61. The topological polar surface area (TPSA) is 92.5 Å². The predicted molar refractivity (Wildman–Crippen MR) is 100 cm³/mol. The molecule has 7 nitrogen and oxygen atoms in total. The molecule has 1 amide bonds. The zero-order valence-electron chi connectivity index (χ0n) is 14.9. The highest BCUT2D eigenvalue weighted by molar-refractivity contribution is 7.89. The minimum atomic E-state index is -3.52. The van der Waals surface area contributed by atoms with Gasteiger partial charge in [-0.05, 0) is 42.0 Å². The quantitative estimate of drug-likeness (QED) is 0.704. The van der Waals surface area contributed by atoms with E-state index >= 15 is 0 Å². The maximum Gasteiger partial charge on any atom is 0.251 e. The molecule has 140 valence electrons. The van der Waals surface area contributed by atoms with Gasteiger partial charge in [-0.2, -0.15) is 0 Å². The van der Waals surface area contributed by atoms with Crippen molar-refractivity contribution in [3.63, 3.8) is 0 Å². The van der Waals surface area contributed by atoms with Crippen LogP contribution in [0.1, 0.15) is 15.9 Å². The number of pyridine rings is 1. The van der Waals surface area contributed by atoms with E-state index in [2.05, 4.69) is 10.3 Å². The third kappa shape index (κ3) is 4.24. The number of aromatic nitrogens is 1. The first kappa shape index (κ1) is 18.8. The zero-order valence-corrected chi connectivity index (χ0v) is 15.7. The molecule has 1 N–H and O–H groups in total. The summed E-state index contributed by atoms with van der Waals surface area (Å²) in [5.41, 5.74) is 3.03. The average molecular weight is 385 g/mol. The minimum absolute atomic E-state index is 0.140. The Kier molecular flexibility index (Phi) is 5.38. The van der Waals surface area contributed by atoms with Crippen molar-refractivity contribution >= 4 is 15.9 Å². The number of nitrogens with one attached hydrogen (secondary N) is 1. The summed E-state index contributed by atoms with van der Waals surface area (Å²) < 4.78 is 30.3. The lowest BCUT2D eigenvalue weighted by Gasteiger charge is -2.11. The first-order valence-electron chi connectivity index (χ1n) is 8.15. The fourth-order valence-corrected chi connectivity index (χ4v) is 3.35. The Morgan fingerprint density at radius 1 is 1.11 bits per heavy atom. The number of amides is 1. The first-order chi connectivity index (χ1) is 12.9. The molecule has 0 atom stereocenters. The second kappa shape index (κ2) is 7.73. The van der Waals surface area contributed by atoms with E-state index in [-0.39, 0.29) is 10.8 Å². The Balaban J connectivity index is 1.67. The van der Waals surface area contributed by atoms with Crippen molar-refractivity contribution in [2.45, 2.75) is 11.4 Å². The molecule has 27 heavy (non-hydrogen) atoms. The molecule has 0 bridgehead atoms. The normalized spacial score (nSPS) is 11.5. The molecule has 0 unspecified atom stereocenters.